The normalized spacial score (nSPS) is 24.1. The summed E-state index contributed by atoms with van der Waals surface area (Å²) in [6, 6.07) is 8.10. The number of amides is 1. The van der Waals surface area contributed by atoms with Crippen LogP contribution in [0, 0.1) is 0 Å². The van der Waals surface area contributed by atoms with Crippen LogP contribution in [-0.2, 0) is 6.42 Å². The third-order valence-corrected chi connectivity index (χ3v) is 3.70. The van der Waals surface area contributed by atoms with Gasteiger partial charge < -0.3 is 10.6 Å². The highest BCUT2D eigenvalue weighted by molar-refractivity contribution is 5.96. The third-order valence-electron chi connectivity index (χ3n) is 3.70. The summed E-state index contributed by atoms with van der Waals surface area (Å²) in [5.74, 6) is 0.128. The fourth-order valence-electron chi connectivity index (χ4n) is 2.44. The number of hydrogen-bond acceptors (Lipinski definition) is 2. The van der Waals surface area contributed by atoms with E-state index in [1.54, 1.807) is 0 Å². The van der Waals surface area contributed by atoms with Crippen molar-refractivity contribution in [2.24, 2.45) is 5.73 Å². The number of carbonyl (C=O) groups excluding carboxylic acids is 1. The highest BCUT2D eigenvalue weighted by Crippen LogP contribution is 2.20. The molecular weight excluding hydrogens is 212 g/mol. The molecule has 1 aromatic rings. The Hall–Kier alpha value is -1.35. The van der Waals surface area contributed by atoms with Crippen molar-refractivity contribution in [2.45, 2.75) is 38.8 Å². The average Bonchev–Trinajstić information content (AvgIpc) is 2.69. The summed E-state index contributed by atoms with van der Waals surface area (Å²) in [6.07, 6.45) is 1.79. The van der Waals surface area contributed by atoms with Gasteiger partial charge in [0.1, 0.15) is 0 Å². The fourth-order valence-corrected chi connectivity index (χ4v) is 2.44. The second kappa shape index (κ2) is 4.88. The third kappa shape index (κ3) is 2.20. The Labute approximate surface area is 103 Å². The molecule has 1 fully saturated rings. The van der Waals surface area contributed by atoms with Crippen molar-refractivity contribution in [3.8, 4) is 0 Å². The Balaban J connectivity index is 2.25. The maximum absolute atomic E-state index is 12.5. The van der Waals surface area contributed by atoms with E-state index >= 15 is 0 Å². The molecule has 1 saturated heterocycles. The topological polar surface area (TPSA) is 46.3 Å². The second-order valence-electron chi connectivity index (χ2n) is 4.70. The molecule has 3 heteroatoms. The van der Waals surface area contributed by atoms with Crippen LogP contribution in [-0.4, -0.2) is 29.4 Å². The maximum atomic E-state index is 12.5. The molecule has 92 valence electrons. The van der Waals surface area contributed by atoms with Crippen molar-refractivity contribution in [1.82, 2.24) is 4.90 Å². The molecule has 0 bridgehead atoms. The van der Waals surface area contributed by atoms with Crippen LogP contribution < -0.4 is 5.73 Å². The fraction of sp³-hybridized carbons (Fsp3) is 0.500. The molecule has 0 radical (unpaired) electrons. The minimum absolute atomic E-state index is 0.118. The van der Waals surface area contributed by atoms with Crippen LogP contribution in [0.2, 0.25) is 0 Å². The molecule has 1 amide bonds. The summed E-state index contributed by atoms with van der Waals surface area (Å²) in [5, 5.41) is 0. The average molecular weight is 232 g/mol. The maximum Gasteiger partial charge on any atom is 0.254 e. The molecule has 3 nitrogen and oxygen atoms in total. The van der Waals surface area contributed by atoms with Gasteiger partial charge in [0.05, 0.1) is 0 Å². The van der Waals surface area contributed by atoms with Gasteiger partial charge in [0, 0.05) is 24.2 Å². The van der Waals surface area contributed by atoms with Crippen LogP contribution >= 0.6 is 0 Å². The van der Waals surface area contributed by atoms with E-state index < -0.39 is 0 Å². The van der Waals surface area contributed by atoms with Crippen LogP contribution in [0.3, 0.4) is 0 Å². The number of hydrogen-bond donors (Lipinski definition) is 1. The van der Waals surface area contributed by atoms with Crippen LogP contribution in [0.5, 0.6) is 0 Å². The van der Waals surface area contributed by atoms with Gasteiger partial charge in [-0.05, 0) is 31.4 Å². The van der Waals surface area contributed by atoms with Crippen LogP contribution in [0.4, 0.5) is 0 Å². The number of likely N-dealkylation sites (tertiary alicyclic amines) is 1. The molecule has 0 aromatic heterocycles. The number of carbonyl (C=O) groups is 1. The zero-order valence-corrected chi connectivity index (χ0v) is 10.5. The minimum Gasteiger partial charge on any atom is -0.334 e. The van der Waals surface area contributed by atoms with Crippen molar-refractivity contribution in [3.05, 3.63) is 35.4 Å². The predicted octanol–water partition coefficient (Wildman–Crippen LogP) is 1.81. The molecule has 1 aliphatic heterocycles. The van der Waals surface area contributed by atoms with Crippen molar-refractivity contribution >= 4 is 5.91 Å². The Kier molecular flexibility index (Phi) is 3.48. The first kappa shape index (κ1) is 12.1. The summed E-state index contributed by atoms with van der Waals surface area (Å²) in [6.45, 7) is 4.88. The number of benzene rings is 1. The quantitative estimate of drug-likeness (QED) is 0.845. The van der Waals surface area contributed by atoms with Gasteiger partial charge >= 0.3 is 0 Å². The zero-order valence-electron chi connectivity index (χ0n) is 10.5. The van der Waals surface area contributed by atoms with Gasteiger partial charge in [0.15, 0.2) is 0 Å². The van der Waals surface area contributed by atoms with E-state index in [9.17, 15) is 4.79 Å². The summed E-state index contributed by atoms with van der Waals surface area (Å²) < 4.78 is 0. The molecule has 17 heavy (non-hydrogen) atoms. The molecule has 0 saturated carbocycles. The zero-order chi connectivity index (χ0) is 12.4. The number of nitrogens with zero attached hydrogens (tertiary/aromatic N) is 1. The Morgan fingerprint density at radius 3 is 2.76 bits per heavy atom. The standard InChI is InChI=1S/C14H20N2O/c1-3-11-6-4-5-7-12(11)14(17)16-9-8-13(15)10(16)2/h4-7,10,13H,3,8-9,15H2,1-2H3. The second-order valence-corrected chi connectivity index (χ2v) is 4.70. The molecule has 1 aliphatic rings. The lowest BCUT2D eigenvalue weighted by Gasteiger charge is -2.24. The van der Waals surface area contributed by atoms with Crippen molar-refractivity contribution in [1.29, 1.82) is 0 Å². The summed E-state index contributed by atoms with van der Waals surface area (Å²) >= 11 is 0. The molecule has 2 N–H and O–H groups in total. The number of aryl methyl sites for hydroxylation is 1. The highest BCUT2D eigenvalue weighted by atomic mass is 16.2. The molecule has 2 unspecified atom stereocenters. The van der Waals surface area contributed by atoms with E-state index in [4.69, 9.17) is 5.73 Å². The Bertz CT molecular complexity index is 416. The van der Waals surface area contributed by atoms with Crippen LogP contribution in [0.1, 0.15) is 36.2 Å². The molecule has 1 aromatic carbocycles. The summed E-state index contributed by atoms with van der Waals surface area (Å²) in [5.41, 5.74) is 7.91. The van der Waals surface area contributed by atoms with Gasteiger partial charge in [-0.25, -0.2) is 0 Å². The van der Waals surface area contributed by atoms with Crippen LogP contribution in [0.25, 0.3) is 0 Å². The predicted molar refractivity (Wildman–Crippen MR) is 68.9 cm³/mol. The molecule has 1 heterocycles. The largest absolute Gasteiger partial charge is 0.334 e. The Morgan fingerprint density at radius 2 is 2.18 bits per heavy atom. The molecule has 0 aliphatic carbocycles. The van der Waals surface area contributed by atoms with Gasteiger partial charge in [0.2, 0.25) is 0 Å². The first-order valence-electron chi connectivity index (χ1n) is 6.29. The summed E-state index contributed by atoms with van der Waals surface area (Å²) in [4.78, 5) is 14.4. The molecular formula is C14H20N2O. The molecule has 0 spiro atoms. The lowest BCUT2D eigenvalue weighted by molar-refractivity contribution is 0.0741. The monoisotopic (exact) mass is 232 g/mol. The van der Waals surface area contributed by atoms with Gasteiger partial charge in [-0.2, -0.15) is 0 Å². The first-order chi connectivity index (χ1) is 8.15. The van der Waals surface area contributed by atoms with Crippen molar-refractivity contribution < 1.29 is 4.79 Å². The van der Waals surface area contributed by atoms with Crippen molar-refractivity contribution in [3.63, 3.8) is 0 Å². The summed E-state index contributed by atoms with van der Waals surface area (Å²) in [7, 11) is 0. The van der Waals surface area contributed by atoms with E-state index in [0.29, 0.717) is 0 Å². The van der Waals surface area contributed by atoms with Gasteiger partial charge in [-0.1, -0.05) is 25.1 Å². The molecule has 2 atom stereocenters. The van der Waals surface area contributed by atoms with Gasteiger partial charge in [0.25, 0.3) is 5.91 Å². The van der Waals surface area contributed by atoms with E-state index in [1.165, 1.54) is 0 Å². The molecule has 2 rings (SSSR count). The van der Waals surface area contributed by atoms with E-state index in [2.05, 4.69) is 6.92 Å². The first-order valence-corrected chi connectivity index (χ1v) is 6.29. The van der Waals surface area contributed by atoms with Crippen LogP contribution in [0.15, 0.2) is 24.3 Å². The lowest BCUT2D eigenvalue weighted by atomic mass is 10.0. The number of rotatable bonds is 2. The van der Waals surface area contributed by atoms with E-state index in [1.807, 2.05) is 36.1 Å². The van der Waals surface area contributed by atoms with E-state index in [-0.39, 0.29) is 18.0 Å². The Morgan fingerprint density at radius 1 is 1.47 bits per heavy atom. The number of nitrogens with two attached hydrogens (primary N) is 1. The lowest BCUT2D eigenvalue weighted by Crippen LogP contribution is -2.40. The highest BCUT2D eigenvalue weighted by Gasteiger charge is 2.32. The van der Waals surface area contributed by atoms with Crippen molar-refractivity contribution in [2.75, 3.05) is 6.54 Å². The SMILES string of the molecule is CCc1ccccc1C(=O)N1CCC(N)C1C. The van der Waals surface area contributed by atoms with E-state index in [0.717, 1.165) is 30.5 Å². The smallest absolute Gasteiger partial charge is 0.254 e. The van der Waals surface area contributed by atoms with Gasteiger partial charge in [-0.3, -0.25) is 4.79 Å². The minimum atomic E-state index is 0.118. The van der Waals surface area contributed by atoms with Gasteiger partial charge in [-0.15, -0.1) is 0 Å².